The molecular formula is C30H33N3O3. The Labute approximate surface area is 212 Å². The molecule has 0 bridgehead atoms. The predicted octanol–water partition coefficient (Wildman–Crippen LogP) is 4.90. The Morgan fingerprint density at radius 1 is 0.861 bits per heavy atom. The van der Waals surface area contributed by atoms with E-state index in [9.17, 15) is 14.4 Å². The molecule has 6 nitrogen and oxygen atoms in total. The molecule has 4 rings (SSSR count). The predicted molar refractivity (Wildman–Crippen MR) is 140 cm³/mol. The fourth-order valence-corrected chi connectivity index (χ4v) is 4.68. The van der Waals surface area contributed by atoms with E-state index in [0.29, 0.717) is 25.9 Å². The minimum Gasteiger partial charge on any atom is -0.336 e. The molecule has 1 N–H and O–H groups in total. The number of benzene rings is 3. The van der Waals surface area contributed by atoms with E-state index in [1.165, 1.54) is 0 Å². The summed E-state index contributed by atoms with van der Waals surface area (Å²) in [5.74, 6) is -0.610. The van der Waals surface area contributed by atoms with Gasteiger partial charge in [-0.1, -0.05) is 111 Å². The molecule has 36 heavy (non-hydrogen) atoms. The van der Waals surface area contributed by atoms with Crippen molar-refractivity contribution in [2.24, 2.45) is 0 Å². The number of nitrogens with zero attached hydrogens (tertiary/aromatic N) is 2. The number of nitrogens with one attached hydrogen (secondary N) is 1. The van der Waals surface area contributed by atoms with Gasteiger partial charge in [-0.05, 0) is 29.5 Å². The third-order valence-electron chi connectivity index (χ3n) is 6.72. The summed E-state index contributed by atoms with van der Waals surface area (Å²) in [6.45, 7) is 2.67. The summed E-state index contributed by atoms with van der Waals surface area (Å²) in [5, 5.41) is 2.94. The van der Waals surface area contributed by atoms with Crippen LogP contribution in [-0.4, -0.2) is 40.7 Å². The van der Waals surface area contributed by atoms with Gasteiger partial charge in [-0.25, -0.2) is 4.79 Å². The summed E-state index contributed by atoms with van der Waals surface area (Å²) >= 11 is 0. The Hall–Kier alpha value is -3.93. The van der Waals surface area contributed by atoms with Crippen molar-refractivity contribution in [3.63, 3.8) is 0 Å². The molecule has 1 aliphatic rings. The lowest BCUT2D eigenvalue weighted by Crippen LogP contribution is -2.46. The van der Waals surface area contributed by atoms with E-state index in [1.807, 2.05) is 91.0 Å². The van der Waals surface area contributed by atoms with Crippen molar-refractivity contribution in [2.75, 3.05) is 13.1 Å². The molecule has 3 aromatic rings. The van der Waals surface area contributed by atoms with Crippen molar-refractivity contribution >= 4 is 17.8 Å². The van der Waals surface area contributed by atoms with Crippen LogP contribution in [0.3, 0.4) is 0 Å². The minimum atomic E-state index is -1.14. The molecule has 1 aliphatic heterocycles. The molecule has 0 saturated carbocycles. The number of imide groups is 1. The first-order valence-corrected chi connectivity index (χ1v) is 12.6. The maximum absolute atomic E-state index is 13.7. The van der Waals surface area contributed by atoms with Gasteiger partial charge in [0.25, 0.3) is 5.91 Å². The van der Waals surface area contributed by atoms with Crippen LogP contribution in [0.5, 0.6) is 0 Å². The average Bonchev–Trinajstić information content (AvgIpc) is 3.16. The van der Waals surface area contributed by atoms with E-state index in [4.69, 9.17) is 0 Å². The SMILES string of the molecule is CCCCC1(c2ccccc2)NC(=O)N(CC(=O)N(CCc2ccccc2)Cc2ccccc2)C1=O. The number of amides is 4. The van der Waals surface area contributed by atoms with Crippen molar-refractivity contribution < 1.29 is 14.4 Å². The molecule has 1 saturated heterocycles. The average molecular weight is 484 g/mol. The third-order valence-corrected chi connectivity index (χ3v) is 6.72. The Morgan fingerprint density at radius 3 is 2.06 bits per heavy atom. The third kappa shape index (κ3) is 5.65. The number of carbonyl (C=O) groups excluding carboxylic acids is 3. The van der Waals surface area contributed by atoms with Crippen LogP contribution < -0.4 is 5.32 Å². The highest BCUT2D eigenvalue weighted by molar-refractivity contribution is 6.09. The first kappa shape index (κ1) is 25.2. The molecule has 0 spiro atoms. The van der Waals surface area contributed by atoms with Crippen LogP contribution in [-0.2, 0) is 28.1 Å². The summed E-state index contributed by atoms with van der Waals surface area (Å²) < 4.78 is 0. The molecule has 1 fully saturated rings. The lowest BCUT2D eigenvalue weighted by molar-refractivity contribution is -0.139. The van der Waals surface area contributed by atoms with Crippen molar-refractivity contribution in [3.8, 4) is 0 Å². The van der Waals surface area contributed by atoms with Gasteiger partial charge >= 0.3 is 6.03 Å². The van der Waals surface area contributed by atoms with Gasteiger partial charge in [0.15, 0.2) is 0 Å². The second kappa shape index (κ2) is 11.7. The molecule has 3 aromatic carbocycles. The Kier molecular flexibility index (Phi) is 8.16. The lowest BCUT2D eigenvalue weighted by Gasteiger charge is -2.28. The van der Waals surface area contributed by atoms with Gasteiger partial charge in [-0.3, -0.25) is 14.5 Å². The molecule has 6 heteroatoms. The van der Waals surface area contributed by atoms with E-state index in [1.54, 1.807) is 4.90 Å². The van der Waals surface area contributed by atoms with Crippen LogP contribution in [0.2, 0.25) is 0 Å². The molecule has 0 aliphatic carbocycles. The maximum atomic E-state index is 13.7. The van der Waals surface area contributed by atoms with Gasteiger partial charge in [0.2, 0.25) is 5.91 Å². The van der Waals surface area contributed by atoms with Gasteiger partial charge < -0.3 is 10.2 Å². The van der Waals surface area contributed by atoms with E-state index in [-0.39, 0.29) is 18.4 Å². The van der Waals surface area contributed by atoms with Gasteiger partial charge in [0.1, 0.15) is 12.1 Å². The number of rotatable bonds is 11. The summed E-state index contributed by atoms with van der Waals surface area (Å²) in [6, 6.07) is 28.6. The monoisotopic (exact) mass is 483 g/mol. The van der Waals surface area contributed by atoms with Gasteiger partial charge in [0.05, 0.1) is 0 Å². The van der Waals surface area contributed by atoms with Crippen LogP contribution in [0, 0.1) is 0 Å². The normalized spacial score (nSPS) is 17.2. The summed E-state index contributed by atoms with van der Waals surface area (Å²) in [6.07, 6.45) is 2.84. The number of hydrogen-bond acceptors (Lipinski definition) is 3. The van der Waals surface area contributed by atoms with Gasteiger partial charge in [0, 0.05) is 13.1 Å². The van der Waals surface area contributed by atoms with Crippen LogP contribution in [0.15, 0.2) is 91.0 Å². The lowest BCUT2D eigenvalue weighted by atomic mass is 9.85. The second-order valence-electron chi connectivity index (χ2n) is 9.23. The summed E-state index contributed by atoms with van der Waals surface area (Å²) in [7, 11) is 0. The van der Waals surface area contributed by atoms with Crippen molar-refractivity contribution in [1.82, 2.24) is 15.1 Å². The topological polar surface area (TPSA) is 69.7 Å². The van der Waals surface area contributed by atoms with Gasteiger partial charge in [-0.2, -0.15) is 0 Å². The van der Waals surface area contributed by atoms with E-state index in [0.717, 1.165) is 34.4 Å². The molecule has 1 atom stereocenters. The number of carbonyl (C=O) groups is 3. The summed E-state index contributed by atoms with van der Waals surface area (Å²) in [5.41, 5.74) is 1.74. The molecule has 0 radical (unpaired) electrons. The smallest absolute Gasteiger partial charge is 0.325 e. The van der Waals surface area contributed by atoms with Crippen LogP contribution in [0.4, 0.5) is 4.79 Å². The van der Waals surface area contributed by atoms with E-state index < -0.39 is 11.6 Å². The minimum absolute atomic E-state index is 0.252. The zero-order valence-corrected chi connectivity index (χ0v) is 20.7. The largest absolute Gasteiger partial charge is 0.336 e. The van der Waals surface area contributed by atoms with Crippen LogP contribution in [0.25, 0.3) is 0 Å². The molecular weight excluding hydrogens is 450 g/mol. The Balaban J connectivity index is 1.54. The van der Waals surface area contributed by atoms with E-state index in [2.05, 4.69) is 12.2 Å². The first-order valence-electron chi connectivity index (χ1n) is 12.6. The Morgan fingerprint density at radius 2 is 1.44 bits per heavy atom. The number of unbranched alkanes of at least 4 members (excludes halogenated alkanes) is 1. The molecule has 4 amide bonds. The van der Waals surface area contributed by atoms with Crippen molar-refractivity contribution in [2.45, 2.75) is 44.7 Å². The fourth-order valence-electron chi connectivity index (χ4n) is 4.68. The zero-order valence-electron chi connectivity index (χ0n) is 20.7. The standard InChI is InChI=1S/C30H33N3O3/c1-2-3-20-30(26-17-11-6-12-18-26)28(35)33(29(36)31-30)23-27(34)32(22-25-15-9-5-10-16-25)21-19-24-13-7-4-8-14-24/h4-18H,2-3,19-23H2,1H3,(H,31,36). The van der Waals surface area contributed by atoms with E-state index >= 15 is 0 Å². The molecule has 186 valence electrons. The van der Waals surface area contributed by atoms with Crippen molar-refractivity contribution in [3.05, 3.63) is 108 Å². The highest BCUT2D eigenvalue weighted by Gasteiger charge is 2.52. The molecule has 1 heterocycles. The second-order valence-corrected chi connectivity index (χ2v) is 9.23. The molecule has 0 aromatic heterocycles. The zero-order chi connectivity index (χ0) is 25.4. The highest BCUT2D eigenvalue weighted by atomic mass is 16.2. The maximum Gasteiger partial charge on any atom is 0.325 e. The van der Waals surface area contributed by atoms with Gasteiger partial charge in [-0.15, -0.1) is 0 Å². The summed E-state index contributed by atoms with van der Waals surface area (Å²) in [4.78, 5) is 43.1. The fraction of sp³-hybridized carbons (Fsp3) is 0.300. The number of urea groups is 1. The van der Waals surface area contributed by atoms with Crippen molar-refractivity contribution in [1.29, 1.82) is 0 Å². The van der Waals surface area contributed by atoms with Crippen LogP contribution in [0.1, 0.15) is 42.9 Å². The van der Waals surface area contributed by atoms with Crippen LogP contribution >= 0.6 is 0 Å². The quantitative estimate of drug-likeness (QED) is 0.395. The molecule has 1 unspecified atom stereocenters. The number of hydrogen-bond donors (Lipinski definition) is 1. The Bertz CT molecular complexity index is 1170. The highest BCUT2D eigenvalue weighted by Crippen LogP contribution is 2.34. The first-order chi connectivity index (χ1) is 17.5.